The fraction of sp³-hybridized carbons (Fsp3) is 0.875. The van der Waals surface area contributed by atoms with E-state index < -0.39 is 35.3 Å². The van der Waals surface area contributed by atoms with Crippen molar-refractivity contribution in [3.63, 3.8) is 0 Å². The number of ether oxygens (including phenoxy) is 3. The lowest BCUT2D eigenvalue weighted by molar-refractivity contribution is -0.175. The summed E-state index contributed by atoms with van der Waals surface area (Å²) in [6.45, 7) is 15.1. The third kappa shape index (κ3) is 12.0. The standard InChI is InChI=1S/C16H32N2O6/c1-14(2,3)22-11(19)10-18(13(21)24-16(7,8)9)17-12(20)23-15(4,5)6/h11,19H,10H2,1-9H3,(H,17,20). The van der Waals surface area contributed by atoms with Crippen molar-refractivity contribution in [3.8, 4) is 0 Å². The van der Waals surface area contributed by atoms with Gasteiger partial charge in [-0.15, -0.1) is 0 Å². The van der Waals surface area contributed by atoms with E-state index in [0.29, 0.717) is 0 Å². The van der Waals surface area contributed by atoms with Gasteiger partial charge in [0.05, 0.1) is 12.1 Å². The molecule has 8 heteroatoms. The minimum atomic E-state index is -1.31. The first-order chi connectivity index (χ1) is 10.5. The van der Waals surface area contributed by atoms with Crippen LogP contribution in [0.3, 0.4) is 0 Å². The van der Waals surface area contributed by atoms with E-state index in [1.54, 1.807) is 62.3 Å². The van der Waals surface area contributed by atoms with Crippen molar-refractivity contribution >= 4 is 12.2 Å². The average molecular weight is 348 g/mol. The van der Waals surface area contributed by atoms with Crippen LogP contribution < -0.4 is 5.43 Å². The Balaban J connectivity index is 5.02. The first-order valence-corrected chi connectivity index (χ1v) is 7.84. The molecule has 2 amide bonds. The van der Waals surface area contributed by atoms with Crippen LogP contribution in [-0.2, 0) is 14.2 Å². The molecule has 1 unspecified atom stereocenters. The molecule has 0 saturated heterocycles. The summed E-state index contributed by atoms with van der Waals surface area (Å²) in [5.74, 6) is 0. The average Bonchev–Trinajstić information content (AvgIpc) is 2.19. The van der Waals surface area contributed by atoms with E-state index >= 15 is 0 Å². The van der Waals surface area contributed by atoms with Crippen LogP contribution in [-0.4, -0.2) is 51.9 Å². The lowest BCUT2D eigenvalue weighted by Crippen LogP contribution is -2.53. The molecular weight excluding hydrogens is 316 g/mol. The van der Waals surface area contributed by atoms with Gasteiger partial charge in [-0.05, 0) is 62.3 Å². The molecule has 0 heterocycles. The fourth-order valence-electron chi connectivity index (χ4n) is 1.50. The summed E-state index contributed by atoms with van der Waals surface area (Å²) in [6, 6.07) is 0. The Hall–Kier alpha value is -1.54. The van der Waals surface area contributed by atoms with Crippen molar-refractivity contribution in [1.29, 1.82) is 0 Å². The van der Waals surface area contributed by atoms with Crippen LogP contribution in [0.2, 0.25) is 0 Å². The number of hydrogen-bond donors (Lipinski definition) is 2. The van der Waals surface area contributed by atoms with E-state index in [1.165, 1.54) is 0 Å². The van der Waals surface area contributed by atoms with Crippen LogP contribution in [0.5, 0.6) is 0 Å². The van der Waals surface area contributed by atoms with Crippen molar-refractivity contribution in [2.75, 3.05) is 6.54 Å². The molecule has 0 aliphatic rings. The molecule has 1 atom stereocenters. The second kappa shape index (κ2) is 8.02. The minimum Gasteiger partial charge on any atom is -0.443 e. The molecule has 0 aromatic rings. The third-order valence-electron chi connectivity index (χ3n) is 2.07. The molecule has 0 aliphatic carbocycles. The van der Waals surface area contributed by atoms with Gasteiger partial charge >= 0.3 is 12.2 Å². The minimum absolute atomic E-state index is 0.314. The number of rotatable bonds is 3. The summed E-state index contributed by atoms with van der Waals surface area (Å²) in [6.07, 6.45) is -2.98. The van der Waals surface area contributed by atoms with Crippen molar-refractivity contribution in [1.82, 2.24) is 10.4 Å². The number of amides is 2. The maximum Gasteiger partial charge on any atom is 0.429 e. The van der Waals surface area contributed by atoms with Crippen LogP contribution in [0.15, 0.2) is 0 Å². The normalized spacial score (nSPS) is 13.9. The summed E-state index contributed by atoms with van der Waals surface area (Å²) < 4.78 is 15.7. The van der Waals surface area contributed by atoms with Gasteiger partial charge in [0, 0.05) is 0 Å². The summed E-state index contributed by atoms with van der Waals surface area (Å²) in [4.78, 5) is 24.1. The van der Waals surface area contributed by atoms with Gasteiger partial charge < -0.3 is 19.3 Å². The van der Waals surface area contributed by atoms with Gasteiger partial charge in [-0.2, -0.15) is 0 Å². The molecule has 0 saturated carbocycles. The first kappa shape index (κ1) is 22.5. The topological polar surface area (TPSA) is 97.3 Å². The zero-order chi connectivity index (χ0) is 19.3. The van der Waals surface area contributed by atoms with Gasteiger partial charge in [-0.1, -0.05) is 0 Å². The van der Waals surface area contributed by atoms with Crippen LogP contribution in [0.1, 0.15) is 62.3 Å². The summed E-state index contributed by atoms with van der Waals surface area (Å²) in [5, 5.41) is 10.8. The molecule has 0 spiro atoms. The highest BCUT2D eigenvalue weighted by Gasteiger charge is 2.29. The summed E-state index contributed by atoms with van der Waals surface area (Å²) in [7, 11) is 0. The van der Waals surface area contributed by atoms with Gasteiger partial charge in [0.2, 0.25) is 0 Å². The van der Waals surface area contributed by atoms with Gasteiger partial charge in [0.1, 0.15) is 11.2 Å². The van der Waals surface area contributed by atoms with E-state index in [4.69, 9.17) is 14.2 Å². The number of carbonyl (C=O) groups is 2. The van der Waals surface area contributed by atoms with E-state index in [2.05, 4.69) is 5.43 Å². The quantitative estimate of drug-likeness (QED) is 0.601. The fourth-order valence-corrected chi connectivity index (χ4v) is 1.50. The highest BCUT2D eigenvalue weighted by molar-refractivity contribution is 5.74. The maximum atomic E-state index is 12.2. The maximum absolute atomic E-state index is 12.2. The predicted octanol–water partition coefficient (Wildman–Crippen LogP) is 2.80. The first-order valence-electron chi connectivity index (χ1n) is 7.84. The van der Waals surface area contributed by atoms with Gasteiger partial charge in [0.15, 0.2) is 6.29 Å². The Morgan fingerprint density at radius 1 is 0.917 bits per heavy atom. The van der Waals surface area contributed by atoms with Crippen molar-refractivity contribution < 1.29 is 28.9 Å². The Bertz CT molecular complexity index is 431. The molecular formula is C16H32N2O6. The molecule has 0 aliphatic heterocycles. The smallest absolute Gasteiger partial charge is 0.429 e. The molecule has 0 radical (unpaired) electrons. The second-order valence-corrected chi connectivity index (χ2v) is 8.39. The molecule has 0 bridgehead atoms. The lowest BCUT2D eigenvalue weighted by atomic mass is 10.2. The van der Waals surface area contributed by atoms with Gasteiger partial charge in [-0.3, -0.25) is 0 Å². The largest absolute Gasteiger partial charge is 0.443 e. The van der Waals surface area contributed by atoms with E-state index in [-0.39, 0.29) is 6.54 Å². The highest BCUT2D eigenvalue weighted by atomic mass is 16.6. The molecule has 2 N–H and O–H groups in total. The predicted molar refractivity (Wildman–Crippen MR) is 89.2 cm³/mol. The summed E-state index contributed by atoms with van der Waals surface area (Å²) in [5.41, 5.74) is 0.155. The Kier molecular flexibility index (Phi) is 7.51. The van der Waals surface area contributed by atoms with Crippen LogP contribution in [0.4, 0.5) is 9.59 Å². The van der Waals surface area contributed by atoms with E-state index in [0.717, 1.165) is 5.01 Å². The number of hydrogen-bond acceptors (Lipinski definition) is 6. The Morgan fingerprint density at radius 3 is 1.75 bits per heavy atom. The van der Waals surface area contributed by atoms with E-state index in [1.807, 2.05) is 0 Å². The highest BCUT2D eigenvalue weighted by Crippen LogP contribution is 2.13. The molecule has 0 aromatic carbocycles. The SMILES string of the molecule is CC(C)(C)OC(=O)NN(CC(O)OC(C)(C)C)C(=O)OC(C)(C)C. The monoisotopic (exact) mass is 348 g/mol. The van der Waals surface area contributed by atoms with Crippen LogP contribution >= 0.6 is 0 Å². The van der Waals surface area contributed by atoms with E-state index in [9.17, 15) is 14.7 Å². The molecule has 24 heavy (non-hydrogen) atoms. The van der Waals surface area contributed by atoms with Crippen molar-refractivity contribution in [2.45, 2.75) is 85.4 Å². The number of carbonyl (C=O) groups excluding carboxylic acids is 2. The summed E-state index contributed by atoms with van der Waals surface area (Å²) >= 11 is 0. The number of aliphatic hydroxyl groups excluding tert-OH is 1. The van der Waals surface area contributed by atoms with Crippen molar-refractivity contribution in [2.24, 2.45) is 0 Å². The third-order valence-corrected chi connectivity index (χ3v) is 2.07. The molecule has 8 nitrogen and oxygen atoms in total. The number of nitrogens with zero attached hydrogens (tertiary/aromatic N) is 1. The number of aliphatic hydroxyl groups is 1. The Morgan fingerprint density at radius 2 is 1.38 bits per heavy atom. The van der Waals surface area contributed by atoms with Crippen molar-refractivity contribution in [3.05, 3.63) is 0 Å². The van der Waals surface area contributed by atoms with Crippen LogP contribution in [0, 0.1) is 0 Å². The zero-order valence-corrected chi connectivity index (χ0v) is 16.2. The molecule has 0 aromatic heterocycles. The lowest BCUT2D eigenvalue weighted by Gasteiger charge is -2.31. The molecule has 0 fully saturated rings. The second-order valence-electron chi connectivity index (χ2n) is 8.39. The Labute approximate surface area is 144 Å². The molecule has 142 valence electrons. The van der Waals surface area contributed by atoms with Gasteiger partial charge in [-0.25, -0.2) is 20.0 Å². The zero-order valence-electron chi connectivity index (χ0n) is 16.2. The van der Waals surface area contributed by atoms with Gasteiger partial charge in [0.25, 0.3) is 0 Å². The number of nitrogens with one attached hydrogen (secondary N) is 1. The number of hydrazine groups is 1. The molecule has 0 rings (SSSR count). The van der Waals surface area contributed by atoms with Crippen LogP contribution in [0.25, 0.3) is 0 Å².